The van der Waals surface area contributed by atoms with E-state index in [4.69, 9.17) is 10.00 Å². The molecule has 0 aliphatic heterocycles. The quantitative estimate of drug-likeness (QED) is 0.585. The van der Waals surface area contributed by atoms with Crippen LogP contribution in [0.1, 0.15) is 30.9 Å². The fourth-order valence-electron chi connectivity index (χ4n) is 1.59. The predicted molar refractivity (Wildman–Crippen MR) is 61.2 cm³/mol. The van der Waals surface area contributed by atoms with Crippen molar-refractivity contribution in [3.8, 4) is 6.07 Å². The van der Waals surface area contributed by atoms with Crippen LogP contribution in [0.4, 0.5) is 0 Å². The summed E-state index contributed by atoms with van der Waals surface area (Å²) in [5.74, 6) is -1.94. The smallest absolute Gasteiger partial charge is 0.321 e. The van der Waals surface area contributed by atoms with Gasteiger partial charge in [0.05, 0.1) is 18.2 Å². The Kier molecular flexibility index (Phi) is 4.41. The molecule has 88 valence electrons. The molecule has 0 amide bonds. The zero-order valence-electron chi connectivity index (χ0n) is 9.77. The highest BCUT2D eigenvalue weighted by molar-refractivity contribution is 6.03. The lowest BCUT2D eigenvalue weighted by molar-refractivity contribution is -0.147. The van der Waals surface area contributed by atoms with Gasteiger partial charge in [-0.2, -0.15) is 5.26 Å². The van der Waals surface area contributed by atoms with Crippen LogP contribution < -0.4 is 0 Å². The van der Waals surface area contributed by atoms with E-state index < -0.39 is 11.9 Å². The lowest BCUT2D eigenvalue weighted by atomic mass is 9.92. The molecule has 17 heavy (non-hydrogen) atoms. The fourth-order valence-corrected chi connectivity index (χ4v) is 1.59. The summed E-state index contributed by atoms with van der Waals surface area (Å²) in [6.45, 7) is 3.19. The topological polar surface area (TPSA) is 67.2 Å². The normalized spacial score (nSPS) is 11.4. The Labute approximate surface area is 99.8 Å². The van der Waals surface area contributed by atoms with Gasteiger partial charge in [-0.3, -0.25) is 9.59 Å². The van der Waals surface area contributed by atoms with E-state index in [9.17, 15) is 9.59 Å². The molecule has 1 unspecified atom stereocenters. The lowest BCUT2D eigenvalue weighted by Gasteiger charge is -2.13. The first-order valence-corrected chi connectivity index (χ1v) is 5.28. The van der Waals surface area contributed by atoms with Crippen LogP contribution in [0.15, 0.2) is 24.3 Å². The highest BCUT2D eigenvalue weighted by atomic mass is 16.5. The molecule has 0 spiro atoms. The number of carbonyl (C=O) groups excluding carboxylic acids is 2. The molecule has 0 heterocycles. The molecule has 0 radical (unpaired) electrons. The summed E-state index contributed by atoms with van der Waals surface area (Å²) < 4.78 is 4.85. The Morgan fingerprint density at radius 1 is 1.41 bits per heavy atom. The first-order valence-electron chi connectivity index (χ1n) is 5.28. The second-order valence-corrected chi connectivity index (χ2v) is 3.49. The molecule has 4 nitrogen and oxygen atoms in total. The van der Waals surface area contributed by atoms with Crippen molar-refractivity contribution >= 4 is 11.8 Å². The minimum atomic E-state index is -1.01. The summed E-state index contributed by atoms with van der Waals surface area (Å²) in [5, 5.41) is 8.95. The number of esters is 1. The maximum Gasteiger partial charge on any atom is 0.321 e. The summed E-state index contributed by atoms with van der Waals surface area (Å²) in [6.07, 6.45) is 0. The molecule has 0 saturated heterocycles. The third-order valence-corrected chi connectivity index (χ3v) is 2.32. The number of Topliss-reactive ketones (excluding diaryl/α,β-unsaturated/α-hetero) is 1. The van der Waals surface area contributed by atoms with Crippen molar-refractivity contribution in [2.75, 3.05) is 6.61 Å². The van der Waals surface area contributed by atoms with Gasteiger partial charge in [0.25, 0.3) is 0 Å². The minimum Gasteiger partial charge on any atom is -0.465 e. The molecule has 0 bridgehead atoms. The van der Waals surface area contributed by atoms with Crippen LogP contribution >= 0.6 is 0 Å². The van der Waals surface area contributed by atoms with Crippen LogP contribution in [0.3, 0.4) is 0 Å². The van der Waals surface area contributed by atoms with Crippen LogP contribution in [0, 0.1) is 11.3 Å². The molecule has 4 heteroatoms. The number of ketones is 1. The standard InChI is InChI=1S/C13H13NO3/c1-3-17-13(16)12(9(2)15)11-7-5-4-6-10(11)8-14/h4-7,12H,3H2,1-2H3. The van der Waals surface area contributed by atoms with Gasteiger partial charge in [0.2, 0.25) is 0 Å². The number of benzene rings is 1. The molecular weight excluding hydrogens is 218 g/mol. The average molecular weight is 231 g/mol. The van der Waals surface area contributed by atoms with Crippen molar-refractivity contribution in [1.29, 1.82) is 5.26 Å². The number of hydrogen-bond donors (Lipinski definition) is 0. The molecule has 0 aromatic heterocycles. The summed E-state index contributed by atoms with van der Waals surface area (Å²) in [4.78, 5) is 23.2. The second kappa shape index (κ2) is 5.80. The molecule has 1 aromatic carbocycles. The molecule has 1 atom stereocenters. The van der Waals surface area contributed by atoms with Crippen LogP contribution in [0.5, 0.6) is 0 Å². The van der Waals surface area contributed by atoms with Crippen molar-refractivity contribution in [3.05, 3.63) is 35.4 Å². The minimum absolute atomic E-state index is 0.206. The van der Waals surface area contributed by atoms with Gasteiger partial charge in [-0.15, -0.1) is 0 Å². The predicted octanol–water partition coefficient (Wildman–Crippen LogP) is 1.79. The number of nitriles is 1. The van der Waals surface area contributed by atoms with Crippen LogP contribution in [0.2, 0.25) is 0 Å². The van der Waals surface area contributed by atoms with Gasteiger partial charge < -0.3 is 4.74 Å². The summed E-state index contributed by atoms with van der Waals surface area (Å²) in [6, 6.07) is 8.51. The van der Waals surface area contributed by atoms with Crippen molar-refractivity contribution in [3.63, 3.8) is 0 Å². The highest BCUT2D eigenvalue weighted by Crippen LogP contribution is 2.22. The van der Waals surface area contributed by atoms with E-state index in [2.05, 4.69) is 0 Å². The van der Waals surface area contributed by atoms with Crippen molar-refractivity contribution in [2.45, 2.75) is 19.8 Å². The van der Waals surface area contributed by atoms with Gasteiger partial charge in [0.1, 0.15) is 11.7 Å². The van der Waals surface area contributed by atoms with Crippen LogP contribution in [-0.4, -0.2) is 18.4 Å². The van der Waals surface area contributed by atoms with Gasteiger partial charge >= 0.3 is 5.97 Å². The molecule has 1 rings (SSSR count). The van der Waals surface area contributed by atoms with Gasteiger partial charge in [0, 0.05) is 0 Å². The van der Waals surface area contributed by atoms with E-state index in [1.807, 2.05) is 6.07 Å². The SMILES string of the molecule is CCOC(=O)C(C(C)=O)c1ccccc1C#N. The summed E-state index contributed by atoms with van der Waals surface area (Å²) in [7, 11) is 0. The van der Waals surface area contributed by atoms with Gasteiger partial charge in [-0.05, 0) is 25.5 Å². The van der Waals surface area contributed by atoms with E-state index >= 15 is 0 Å². The monoisotopic (exact) mass is 231 g/mol. The lowest BCUT2D eigenvalue weighted by Crippen LogP contribution is -2.23. The largest absolute Gasteiger partial charge is 0.465 e. The zero-order chi connectivity index (χ0) is 12.8. The number of ether oxygens (including phenoxy) is 1. The Balaban J connectivity index is 3.20. The Bertz CT molecular complexity index is 474. The molecule has 0 aliphatic carbocycles. The fraction of sp³-hybridized carbons (Fsp3) is 0.308. The van der Waals surface area contributed by atoms with Crippen molar-refractivity contribution in [1.82, 2.24) is 0 Å². The van der Waals surface area contributed by atoms with E-state index in [0.717, 1.165) is 0 Å². The molecule has 1 aromatic rings. The Morgan fingerprint density at radius 3 is 2.59 bits per heavy atom. The van der Waals surface area contributed by atoms with Gasteiger partial charge in [-0.25, -0.2) is 0 Å². The molecule has 0 aliphatic rings. The van der Waals surface area contributed by atoms with Crippen molar-refractivity contribution < 1.29 is 14.3 Å². The summed E-state index contributed by atoms with van der Waals surface area (Å²) >= 11 is 0. The maximum atomic E-state index is 11.7. The number of carbonyl (C=O) groups is 2. The Morgan fingerprint density at radius 2 is 2.06 bits per heavy atom. The van der Waals surface area contributed by atoms with Crippen molar-refractivity contribution in [2.24, 2.45) is 0 Å². The molecule has 0 saturated carbocycles. The van der Waals surface area contributed by atoms with Crippen LogP contribution in [0.25, 0.3) is 0 Å². The van der Waals surface area contributed by atoms with E-state index in [0.29, 0.717) is 11.1 Å². The summed E-state index contributed by atoms with van der Waals surface area (Å²) in [5.41, 5.74) is 0.724. The molecular formula is C13H13NO3. The first kappa shape index (κ1) is 12.9. The molecule has 0 N–H and O–H groups in total. The van der Waals surface area contributed by atoms with E-state index in [-0.39, 0.29) is 12.4 Å². The third-order valence-electron chi connectivity index (χ3n) is 2.32. The average Bonchev–Trinajstić information content (AvgIpc) is 2.30. The van der Waals surface area contributed by atoms with Gasteiger partial charge in [0.15, 0.2) is 0 Å². The van der Waals surface area contributed by atoms with Gasteiger partial charge in [-0.1, -0.05) is 18.2 Å². The van der Waals surface area contributed by atoms with E-state index in [1.54, 1.807) is 31.2 Å². The highest BCUT2D eigenvalue weighted by Gasteiger charge is 2.28. The zero-order valence-corrected chi connectivity index (χ0v) is 9.77. The Hall–Kier alpha value is -2.15. The number of rotatable bonds is 4. The maximum absolute atomic E-state index is 11.7. The van der Waals surface area contributed by atoms with Crippen LogP contribution in [-0.2, 0) is 14.3 Å². The van der Waals surface area contributed by atoms with E-state index in [1.165, 1.54) is 6.92 Å². The third kappa shape index (κ3) is 2.91. The number of nitrogens with zero attached hydrogens (tertiary/aromatic N) is 1. The second-order valence-electron chi connectivity index (χ2n) is 3.49. The number of hydrogen-bond acceptors (Lipinski definition) is 4. The molecule has 0 fully saturated rings. The first-order chi connectivity index (χ1) is 8.11.